The molecule has 0 saturated heterocycles. The molecule has 0 radical (unpaired) electrons. The number of benzene rings is 2. The molecule has 0 fully saturated rings. The summed E-state index contributed by atoms with van der Waals surface area (Å²) in [5, 5.41) is 10.6. The molecule has 0 unspecified atom stereocenters. The van der Waals surface area contributed by atoms with Crippen molar-refractivity contribution in [3.63, 3.8) is 0 Å². The van der Waals surface area contributed by atoms with Crippen LogP contribution in [-0.2, 0) is 0 Å². The number of rotatable bonds is 4. The quantitative estimate of drug-likeness (QED) is 0.573. The van der Waals surface area contributed by atoms with Crippen LogP contribution < -0.4 is 4.74 Å². The van der Waals surface area contributed by atoms with Crippen LogP contribution in [0.3, 0.4) is 0 Å². The highest BCUT2D eigenvalue weighted by molar-refractivity contribution is 6.31. The molecule has 1 N–H and O–H groups in total. The molecule has 2 heterocycles. The molecule has 0 saturated carbocycles. The highest BCUT2D eigenvalue weighted by Crippen LogP contribution is 2.30. The molecular formula is C19H12ClN3O3. The van der Waals surface area contributed by atoms with Crippen molar-refractivity contribution in [3.8, 4) is 17.3 Å². The lowest BCUT2D eigenvalue weighted by molar-refractivity contribution is 0.0696. The molecule has 2 aromatic heterocycles. The summed E-state index contributed by atoms with van der Waals surface area (Å²) >= 11 is 6.10. The van der Waals surface area contributed by atoms with Crippen LogP contribution in [0.2, 0.25) is 5.02 Å². The van der Waals surface area contributed by atoms with Gasteiger partial charge in [0.15, 0.2) is 0 Å². The average Bonchev–Trinajstić information content (AvgIpc) is 3.15. The number of aromatic carboxylic acids is 1. The molecule has 26 heavy (non-hydrogen) atoms. The van der Waals surface area contributed by atoms with Gasteiger partial charge in [-0.15, -0.1) is 0 Å². The highest BCUT2D eigenvalue weighted by atomic mass is 35.5. The lowest BCUT2D eigenvalue weighted by atomic mass is 10.2. The zero-order chi connectivity index (χ0) is 18.1. The second-order valence-electron chi connectivity index (χ2n) is 5.55. The van der Waals surface area contributed by atoms with Gasteiger partial charge in [0, 0.05) is 28.9 Å². The van der Waals surface area contributed by atoms with E-state index in [1.54, 1.807) is 42.9 Å². The minimum Gasteiger partial charge on any atom is -0.478 e. The molecule has 0 aliphatic carbocycles. The first-order valence-electron chi connectivity index (χ1n) is 7.70. The number of imidazole rings is 1. The number of carboxylic acid groups (broad SMARTS) is 1. The molecular weight excluding hydrogens is 354 g/mol. The summed E-state index contributed by atoms with van der Waals surface area (Å²) in [7, 11) is 0. The van der Waals surface area contributed by atoms with Gasteiger partial charge in [0.05, 0.1) is 23.1 Å². The number of pyridine rings is 1. The molecule has 0 atom stereocenters. The Morgan fingerprint density at radius 1 is 1.15 bits per heavy atom. The summed E-state index contributed by atoms with van der Waals surface area (Å²) in [6, 6.07) is 13.4. The zero-order valence-electron chi connectivity index (χ0n) is 13.3. The Balaban J connectivity index is 1.83. The lowest BCUT2D eigenvalue weighted by Crippen LogP contribution is -1.98. The third-order valence-electron chi connectivity index (χ3n) is 3.81. The van der Waals surface area contributed by atoms with Crippen LogP contribution in [0.1, 0.15) is 10.4 Å². The third-order valence-corrected chi connectivity index (χ3v) is 4.05. The highest BCUT2D eigenvalue weighted by Gasteiger charge is 2.11. The van der Waals surface area contributed by atoms with E-state index in [9.17, 15) is 4.79 Å². The molecule has 0 amide bonds. The first kappa shape index (κ1) is 16.1. The van der Waals surface area contributed by atoms with E-state index >= 15 is 0 Å². The van der Waals surface area contributed by atoms with Crippen LogP contribution in [0.15, 0.2) is 67.3 Å². The number of hydrogen-bond donors (Lipinski definition) is 1. The Labute approximate surface area is 153 Å². The second-order valence-corrected chi connectivity index (χ2v) is 5.98. The Morgan fingerprint density at radius 2 is 2.04 bits per heavy atom. The Morgan fingerprint density at radius 3 is 2.81 bits per heavy atom. The summed E-state index contributed by atoms with van der Waals surface area (Å²) in [5.74, 6) is -0.311. The van der Waals surface area contributed by atoms with E-state index < -0.39 is 5.97 Å². The Kier molecular flexibility index (Phi) is 4.02. The van der Waals surface area contributed by atoms with Gasteiger partial charge in [-0.3, -0.25) is 0 Å². The predicted octanol–water partition coefficient (Wildman–Crippen LogP) is 4.56. The molecule has 6 nitrogen and oxygen atoms in total. The summed E-state index contributed by atoms with van der Waals surface area (Å²) < 4.78 is 7.65. The fourth-order valence-corrected chi connectivity index (χ4v) is 2.81. The molecule has 4 rings (SSSR count). The van der Waals surface area contributed by atoms with Gasteiger partial charge in [-0.1, -0.05) is 17.7 Å². The fourth-order valence-electron chi connectivity index (χ4n) is 2.64. The number of hydrogen-bond acceptors (Lipinski definition) is 4. The van der Waals surface area contributed by atoms with Gasteiger partial charge in [0.2, 0.25) is 5.88 Å². The predicted molar refractivity (Wildman–Crippen MR) is 97.4 cm³/mol. The maximum absolute atomic E-state index is 11.1. The molecule has 0 aliphatic rings. The van der Waals surface area contributed by atoms with E-state index in [1.807, 2.05) is 16.8 Å². The maximum Gasteiger partial charge on any atom is 0.335 e. The topological polar surface area (TPSA) is 77.2 Å². The number of aromatic nitrogens is 3. The van der Waals surface area contributed by atoms with Gasteiger partial charge in [-0.2, -0.15) is 0 Å². The van der Waals surface area contributed by atoms with Crippen LogP contribution in [0, 0.1) is 0 Å². The molecule has 0 spiro atoms. The normalized spacial score (nSPS) is 10.8. The van der Waals surface area contributed by atoms with Crippen molar-refractivity contribution in [2.45, 2.75) is 0 Å². The largest absolute Gasteiger partial charge is 0.478 e. The van der Waals surface area contributed by atoms with Gasteiger partial charge in [0.25, 0.3) is 0 Å². The number of fused-ring (bicyclic) bond motifs is 1. The van der Waals surface area contributed by atoms with Crippen LogP contribution in [0.25, 0.3) is 16.6 Å². The van der Waals surface area contributed by atoms with Gasteiger partial charge in [-0.25, -0.2) is 14.8 Å². The SMILES string of the molecule is O=C(O)c1cccc(Oc2cc(-n3ccnc3)c3ccc(Cl)cc3n2)c1. The van der Waals surface area contributed by atoms with Crippen LogP contribution in [0.4, 0.5) is 0 Å². The molecule has 4 aromatic rings. The van der Waals surface area contributed by atoms with E-state index in [0.29, 0.717) is 22.2 Å². The molecule has 128 valence electrons. The smallest absolute Gasteiger partial charge is 0.335 e. The number of ether oxygens (including phenoxy) is 1. The molecule has 0 aliphatic heterocycles. The van der Waals surface area contributed by atoms with Crippen molar-refractivity contribution in [2.24, 2.45) is 0 Å². The van der Waals surface area contributed by atoms with Crippen molar-refractivity contribution < 1.29 is 14.6 Å². The van der Waals surface area contributed by atoms with Gasteiger partial charge in [-0.05, 0) is 36.4 Å². The van der Waals surface area contributed by atoms with Gasteiger partial charge >= 0.3 is 5.97 Å². The summed E-state index contributed by atoms with van der Waals surface area (Å²) in [6.07, 6.45) is 5.18. The van der Waals surface area contributed by atoms with E-state index in [-0.39, 0.29) is 5.56 Å². The minimum absolute atomic E-state index is 0.140. The first-order chi connectivity index (χ1) is 12.6. The lowest BCUT2D eigenvalue weighted by Gasteiger charge is -2.11. The number of carboxylic acids is 1. The standard InChI is InChI=1S/C19H12ClN3O3/c20-13-4-5-15-16(9-13)22-18(10-17(15)23-7-6-21-11-23)26-14-3-1-2-12(8-14)19(24)25/h1-11H,(H,24,25). The van der Waals surface area contributed by atoms with Crippen LogP contribution >= 0.6 is 11.6 Å². The average molecular weight is 366 g/mol. The summed E-state index contributed by atoms with van der Waals surface area (Å²) in [4.78, 5) is 19.7. The zero-order valence-corrected chi connectivity index (χ0v) is 14.1. The third kappa shape index (κ3) is 3.10. The van der Waals surface area contributed by atoms with Crippen molar-refractivity contribution in [2.75, 3.05) is 0 Å². The Bertz CT molecular complexity index is 1110. The van der Waals surface area contributed by atoms with E-state index in [4.69, 9.17) is 21.4 Å². The number of carbonyl (C=O) groups is 1. The number of nitrogens with zero attached hydrogens (tertiary/aromatic N) is 3. The monoisotopic (exact) mass is 365 g/mol. The van der Waals surface area contributed by atoms with Crippen LogP contribution in [-0.4, -0.2) is 25.6 Å². The van der Waals surface area contributed by atoms with Gasteiger partial charge in [0.1, 0.15) is 5.75 Å². The summed E-state index contributed by atoms with van der Waals surface area (Å²) in [5.41, 5.74) is 1.63. The second kappa shape index (κ2) is 6.50. The Hall–Kier alpha value is -3.38. The van der Waals surface area contributed by atoms with Crippen molar-refractivity contribution in [1.29, 1.82) is 0 Å². The fraction of sp³-hybridized carbons (Fsp3) is 0. The van der Waals surface area contributed by atoms with Crippen molar-refractivity contribution in [3.05, 3.63) is 77.8 Å². The van der Waals surface area contributed by atoms with Crippen LogP contribution in [0.5, 0.6) is 11.6 Å². The maximum atomic E-state index is 11.1. The first-order valence-corrected chi connectivity index (χ1v) is 8.08. The van der Waals surface area contributed by atoms with E-state index in [2.05, 4.69) is 9.97 Å². The molecule has 7 heteroatoms. The van der Waals surface area contributed by atoms with Gasteiger partial charge < -0.3 is 14.4 Å². The van der Waals surface area contributed by atoms with Crippen molar-refractivity contribution in [1.82, 2.24) is 14.5 Å². The number of halogens is 1. The van der Waals surface area contributed by atoms with Crippen molar-refractivity contribution >= 4 is 28.5 Å². The molecule has 0 bridgehead atoms. The summed E-state index contributed by atoms with van der Waals surface area (Å²) in [6.45, 7) is 0. The minimum atomic E-state index is -1.02. The molecule has 2 aromatic carbocycles. The van der Waals surface area contributed by atoms with E-state index in [0.717, 1.165) is 11.1 Å². The van der Waals surface area contributed by atoms with E-state index in [1.165, 1.54) is 12.1 Å².